The Bertz CT molecular complexity index is 480. The van der Waals surface area contributed by atoms with Gasteiger partial charge in [0.2, 0.25) is 5.91 Å². The van der Waals surface area contributed by atoms with Crippen molar-refractivity contribution in [1.29, 1.82) is 0 Å². The smallest absolute Gasteiger partial charge is 0.220 e. The van der Waals surface area contributed by atoms with E-state index in [-0.39, 0.29) is 12.5 Å². The summed E-state index contributed by atoms with van der Waals surface area (Å²) in [6.45, 7) is 4.28. The van der Waals surface area contributed by atoms with E-state index in [2.05, 4.69) is 19.2 Å². The Hall–Kier alpha value is -0.870. The van der Waals surface area contributed by atoms with E-state index in [1.54, 1.807) is 6.08 Å². The van der Waals surface area contributed by atoms with Crippen molar-refractivity contribution < 1.29 is 15.0 Å². The zero-order valence-electron chi connectivity index (χ0n) is 24.3. The van der Waals surface area contributed by atoms with Crippen LogP contribution in [0, 0.1) is 0 Å². The normalized spacial score (nSPS) is 13.3. The zero-order chi connectivity index (χ0) is 26.5. The van der Waals surface area contributed by atoms with Gasteiger partial charge < -0.3 is 15.5 Å². The molecule has 0 saturated carbocycles. The van der Waals surface area contributed by atoms with Crippen molar-refractivity contribution >= 4 is 5.91 Å². The third-order valence-electron chi connectivity index (χ3n) is 7.27. The van der Waals surface area contributed by atoms with Crippen LogP contribution in [0.1, 0.15) is 168 Å². The van der Waals surface area contributed by atoms with Crippen LogP contribution in [-0.4, -0.2) is 34.9 Å². The Morgan fingerprint density at radius 3 is 1.44 bits per heavy atom. The SMILES string of the molecule is CCCCCCCCCCCCC/C=C/C(O)C(CO)NC(=O)CCCCCCCCCCCCC. The number of rotatable bonds is 28. The molecule has 0 spiro atoms. The number of aliphatic hydroxyl groups is 2. The van der Waals surface area contributed by atoms with Gasteiger partial charge in [0, 0.05) is 6.42 Å². The minimum Gasteiger partial charge on any atom is -0.394 e. The van der Waals surface area contributed by atoms with Gasteiger partial charge in [-0.3, -0.25) is 4.79 Å². The van der Waals surface area contributed by atoms with Crippen molar-refractivity contribution in [3.8, 4) is 0 Å². The van der Waals surface area contributed by atoms with Crippen LogP contribution in [-0.2, 0) is 4.79 Å². The third-order valence-corrected chi connectivity index (χ3v) is 7.27. The predicted molar refractivity (Wildman–Crippen MR) is 156 cm³/mol. The minimum atomic E-state index is -0.830. The maximum atomic E-state index is 12.2. The molecule has 0 aliphatic carbocycles. The summed E-state index contributed by atoms with van der Waals surface area (Å²) in [6, 6.07) is -0.612. The summed E-state index contributed by atoms with van der Waals surface area (Å²) in [5.41, 5.74) is 0. The summed E-state index contributed by atoms with van der Waals surface area (Å²) in [4.78, 5) is 12.2. The molecular formula is C32H63NO3. The summed E-state index contributed by atoms with van der Waals surface area (Å²) in [6.07, 6.45) is 32.8. The number of aliphatic hydroxyl groups excluding tert-OH is 2. The van der Waals surface area contributed by atoms with Gasteiger partial charge in [-0.25, -0.2) is 0 Å². The van der Waals surface area contributed by atoms with Gasteiger partial charge in [-0.2, -0.15) is 0 Å². The standard InChI is InChI=1S/C32H63NO3/c1-3-5-7-9-11-13-15-16-18-19-21-23-25-27-31(35)30(29-34)33-32(36)28-26-24-22-20-17-14-12-10-8-6-4-2/h25,27,30-31,34-35H,3-24,26,28-29H2,1-2H3,(H,33,36)/b27-25+. The van der Waals surface area contributed by atoms with Crippen LogP contribution in [0.3, 0.4) is 0 Å². The van der Waals surface area contributed by atoms with Gasteiger partial charge in [0.1, 0.15) is 0 Å². The van der Waals surface area contributed by atoms with Crippen molar-refractivity contribution in [1.82, 2.24) is 5.32 Å². The molecule has 0 fully saturated rings. The Morgan fingerprint density at radius 2 is 1.03 bits per heavy atom. The first kappa shape index (κ1) is 35.1. The van der Waals surface area contributed by atoms with E-state index in [0.29, 0.717) is 6.42 Å². The summed E-state index contributed by atoms with van der Waals surface area (Å²) >= 11 is 0. The maximum Gasteiger partial charge on any atom is 0.220 e. The van der Waals surface area contributed by atoms with E-state index >= 15 is 0 Å². The highest BCUT2D eigenvalue weighted by molar-refractivity contribution is 5.76. The van der Waals surface area contributed by atoms with Crippen LogP contribution in [0.25, 0.3) is 0 Å². The number of unbranched alkanes of at least 4 members (excludes halogenated alkanes) is 21. The van der Waals surface area contributed by atoms with Crippen LogP contribution in [0.2, 0.25) is 0 Å². The molecule has 0 saturated heterocycles. The second kappa shape index (κ2) is 28.7. The molecule has 0 aromatic carbocycles. The number of hydrogen-bond acceptors (Lipinski definition) is 3. The molecule has 214 valence electrons. The van der Waals surface area contributed by atoms with Gasteiger partial charge in [0.15, 0.2) is 0 Å². The number of carbonyl (C=O) groups excluding carboxylic acids is 1. The second-order valence-corrected chi connectivity index (χ2v) is 10.9. The van der Waals surface area contributed by atoms with Crippen molar-refractivity contribution in [2.24, 2.45) is 0 Å². The highest BCUT2D eigenvalue weighted by atomic mass is 16.3. The fourth-order valence-electron chi connectivity index (χ4n) is 4.76. The lowest BCUT2D eigenvalue weighted by molar-refractivity contribution is -0.123. The van der Waals surface area contributed by atoms with E-state index in [0.717, 1.165) is 25.7 Å². The lowest BCUT2D eigenvalue weighted by Gasteiger charge is -2.20. The lowest BCUT2D eigenvalue weighted by Crippen LogP contribution is -2.45. The Balaban J connectivity index is 3.66. The van der Waals surface area contributed by atoms with E-state index in [1.807, 2.05) is 6.08 Å². The summed E-state index contributed by atoms with van der Waals surface area (Å²) in [5, 5.41) is 22.7. The summed E-state index contributed by atoms with van der Waals surface area (Å²) < 4.78 is 0. The van der Waals surface area contributed by atoms with Crippen molar-refractivity contribution in [2.45, 2.75) is 180 Å². The Kier molecular flexibility index (Phi) is 28.0. The first-order valence-electron chi connectivity index (χ1n) is 15.9. The molecule has 2 unspecified atom stereocenters. The molecule has 0 radical (unpaired) electrons. The molecule has 36 heavy (non-hydrogen) atoms. The van der Waals surface area contributed by atoms with E-state index in [9.17, 15) is 15.0 Å². The average Bonchev–Trinajstić information content (AvgIpc) is 2.88. The molecule has 1 amide bonds. The van der Waals surface area contributed by atoms with Gasteiger partial charge >= 0.3 is 0 Å². The molecule has 3 N–H and O–H groups in total. The molecule has 0 aromatic rings. The van der Waals surface area contributed by atoms with Crippen molar-refractivity contribution in [3.63, 3.8) is 0 Å². The maximum absolute atomic E-state index is 12.2. The molecule has 0 aliphatic heterocycles. The molecular weight excluding hydrogens is 446 g/mol. The Labute approximate surface area is 225 Å². The largest absolute Gasteiger partial charge is 0.394 e. The molecule has 0 bridgehead atoms. The van der Waals surface area contributed by atoms with Gasteiger partial charge in [0.25, 0.3) is 0 Å². The topological polar surface area (TPSA) is 69.6 Å². The first-order valence-corrected chi connectivity index (χ1v) is 15.9. The zero-order valence-corrected chi connectivity index (χ0v) is 24.3. The number of amides is 1. The van der Waals surface area contributed by atoms with Crippen LogP contribution in [0.5, 0.6) is 0 Å². The van der Waals surface area contributed by atoms with Gasteiger partial charge in [-0.15, -0.1) is 0 Å². The highest BCUT2D eigenvalue weighted by Gasteiger charge is 2.17. The first-order chi connectivity index (χ1) is 17.7. The molecule has 0 heterocycles. The predicted octanol–water partition coefficient (Wildman–Crippen LogP) is 8.78. The molecule has 0 rings (SSSR count). The molecule has 4 heteroatoms. The highest BCUT2D eigenvalue weighted by Crippen LogP contribution is 2.13. The van der Waals surface area contributed by atoms with E-state index < -0.39 is 12.1 Å². The molecule has 0 aliphatic rings. The van der Waals surface area contributed by atoms with Crippen LogP contribution >= 0.6 is 0 Å². The fourth-order valence-corrected chi connectivity index (χ4v) is 4.76. The minimum absolute atomic E-state index is 0.0669. The Morgan fingerprint density at radius 1 is 0.639 bits per heavy atom. The lowest BCUT2D eigenvalue weighted by atomic mass is 10.0. The average molecular weight is 510 g/mol. The third kappa shape index (κ3) is 24.8. The molecule has 4 nitrogen and oxygen atoms in total. The van der Waals surface area contributed by atoms with Gasteiger partial charge in [-0.1, -0.05) is 154 Å². The number of carbonyl (C=O) groups is 1. The number of allylic oxidation sites excluding steroid dienone is 1. The fraction of sp³-hybridized carbons (Fsp3) is 0.906. The van der Waals surface area contributed by atoms with E-state index in [4.69, 9.17) is 0 Å². The van der Waals surface area contributed by atoms with Crippen LogP contribution < -0.4 is 5.32 Å². The molecule has 0 aromatic heterocycles. The van der Waals surface area contributed by atoms with Crippen LogP contribution in [0.4, 0.5) is 0 Å². The van der Waals surface area contributed by atoms with Gasteiger partial charge in [0.05, 0.1) is 18.8 Å². The molecule has 2 atom stereocenters. The number of nitrogens with one attached hydrogen (secondary N) is 1. The quantitative estimate of drug-likeness (QED) is 0.0729. The van der Waals surface area contributed by atoms with Crippen molar-refractivity contribution in [2.75, 3.05) is 6.61 Å². The monoisotopic (exact) mass is 509 g/mol. The van der Waals surface area contributed by atoms with E-state index in [1.165, 1.54) is 122 Å². The van der Waals surface area contributed by atoms with Crippen LogP contribution in [0.15, 0.2) is 12.2 Å². The summed E-state index contributed by atoms with van der Waals surface area (Å²) in [7, 11) is 0. The summed E-state index contributed by atoms with van der Waals surface area (Å²) in [5.74, 6) is -0.0669. The van der Waals surface area contributed by atoms with Gasteiger partial charge in [-0.05, 0) is 19.3 Å². The van der Waals surface area contributed by atoms with Crippen molar-refractivity contribution in [3.05, 3.63) is 12.2 Å². The number of hydrogen-bond donors (Lipinski definition) is 3. The second-order valence-electron chi connectivity index (χ2n) is 10.9.